The lowest BCUT2D eigenvalue weighted by atomic mass is 9.91. The molecule has 0 amide bonds. The minimum Gasteiger partial charge on any atom is -0.356 e. The molecule has 104 valence electrons. The summed E-state index contributed by atoms with van der Waals surface area (Å²) in [6, 6.07) is 0.642. The summed E-state index contributed by atoms with van der Waals surface area (Å²) in [4.78, 5) is 11.0. The van der Waals surface area contributed by atoms with Crippen LogP contribution in [0.3, 0.4) is 0 Å². The van der Waals surface area contributed by atoms with Crippen LogP contribution < -0.4 is 4.90 Å². The number of nitrogens with zero attached hydrogens (tertiary/aromatic N) is 5. The second-order valence-electron chi connectivity index (χ2n) is 4.81. The minimum absolute atomic E-state index is 0.642. The van der Waals surface area contributed by atoms with Gasteiger partial charge < -0.3 is 4.90 Å². The summed E-state index contributed by atoms with van der Waals surface area (Å²) < 4.78 is 1.85. The first-order chi connectivity index (χ1) is 9.18. The van der Waals surface area contributed by atoms with Gasteiger partial charge >= 0.3 is 0 Å². The van der Waals surface area contributed by atoms with Gasteiger partial charge in [-0.15, -0.1) is 0 Å². The molecule has 0 radical (unpaired) electrons. The molecule has 1 saturated carbocycles. The molecule has 3 rings (SSSR count). The van der Waals surface area contributed by atoms with E-state index in [0.717, 1.165) is 11.5 Å². The summed E-state index contributed by atoms with van der Waals surface area (Å²) in [5, 5.41) is 4.28. The van der Waals surface area contributed by atoms with E-state index >= 15 is 0 Å². The molecule has 0 unspecified atom stereocenters. The largest absolute Gasteiger partial charge is 0.356 e. The Morgan fingerprint density at radius 2 is 1.95 bits per heavy atom. The normalized spacial score (nSPS) is 14.8. The summed E-state index contributed by atoms with van der Waals surface area (Å²) in [5.74, 6) is 1.82. The fraction of sp³-hybridized carbons (Fsp3) is 0.643. The zero-order valence-electron chi connectivity index (χ0n) is 12.5. The Balaban J connectivity index is 0.000000637. The molecule has 5 heteroatoms. The molecular formula is C14H23N5. The van der Waals surface area contributed by atoms with Crippen molar-refractivity contribution in [2.24, 2.45) is 0 Å². The van der Waals surface area contributed by atoms with Gasteiger partial charge in [0.1, 0.15) is 12.1 Å². The Hall–Kier alpha value is -1.65. The van der Waals surface area contributed by atoms with E-state index in [1.807, 2.05) is 25.3 Å². The van der Waals surface area contributed by atoms with E-state index in [9.17, 15) is 0 Å². The minimum atomic E-state index is 0.642. The maximum Gasteiger partial charge on any atom is 0.254 e. The highest BCUT2D eigenvalue weighted by Crippen LogP contribution is 2.30. The third-order valence-electron chi connectivity index (χ3n) is 3.83. The van der Waals surface area contributed by atoms with E-state index in [1.54, 1.807) is 6.33 Å². The van der Waals surface area contributed by atoms with Crippen LogP contribution in [0.25, 0.3) is 5.78 Å². The SMILES string of the molecule is CC.Cc1nc2ncnn2c(N(C)C2CCC2)c1C. The average molecular weight is 261 g/mol. The second kappa shape index (κ2) is 5.55. The van der Waals surface area contributed by atoms with Crippen LogP contribution in [0.4, 0.5) is 5.82 Å². The number of anilines is 1. The van der Waals surface area contributed by atoms with Crippen LogP contribution in [0, 0.1) is 13.8 Å². The van der Waals surface area contributed by atoms with Crippen molar-refractivity contribution in [3.8, 4) is 0 Å². The van der Waals surface area contributed by atoms with Gasteiger partial charge in [-0.1, -0.05) is 13.8 Å². The maximum atomic E-state index is 4.44. The van der Waals surface area contributed by atoms with E-state index in [4.69, 9.17) is 0 Å². The van der Waals surface area contributed by atoms with E-state index in [2.05, 4.69) is 33.9 Å². The summed E-state index contributed by atoms with van der Waals surface area (Å²) in [6.45, 7) is 8.13. The third-order valence-corrected chi connectivity index (χ3v) is 3.83. The topological polar surface area (TPSA) is 46.3 Å². The van der Waals surface area contributed by atoms with Crippen molar-refractivity contribution >= 4 is 11.6 Å². The van der Waals surface area contributed by atoms with Crippen LogP contribution in [-0.2, 0) is 0 Å². The molecule has 2 aromatic heterocycles. The molecule has 0 aromatic carbocycles. The van der Waals surface area contributed by atoms with E-state index in [-0.39, 0.29) is 0 Å². The maximum absolute atomic E-state index is 4.44. The number of hydrogen-bond donors (Lipinski definition) is 0. The van der Waals surface area contributed by atoms with Crippen molar-refractivity contribution in [1.29, 1.82) is 0 Å². The van der Waals surface area contributed by atoms with E-state index in [1.165, 1.54) is 24.8 Å². The van der Waals surface area contributed by atoms with Gasteiger partial charge in [-0.2, -0.15) is 14.6 Å². The highest BCUT2D eigenvalue weighted by molar-refractivity contribution is 5.54. The van der Waals surface area contributed by atoms with E-state index in [0.29, 0.717) is 11.8 Å². The fourth-order valence-electron chi connectivity index (χ4n) is 2.38. The highest BCUT2D eigenvalue weighted by atomic mass is 15.4. The molecule has 5 nitrogen and oxygen atoms in total. The van der Waals surface area contributed by atoms with Crippen LogP contribution in [0.2, 0.25) is 0 Å². The lowest BCUT2D eigenvalue weighted by Crippen LogP contribution is -2.39. The Kier molecular flexibility index (Phi) is 4.02. The van der Waals surface area contributed by atoms with Crippen molar-refractivity contribution < 1.29 is 0 Å². The predicted octanol–water partition coefficient (Wildman–Crippen LogP) is 2.76. The zero-order valence-corrected chi connectivity index (χ0v) is 12.5. The summed E-state index contributed by atoms with van der Waals surface area (Å²) >= 11 is 0. The van der Waals surface area contributed by atoms with Crippen molar-refractivity contribution in [3.63, 3.8) is 0 Å². The Morgan fingerprint density at radius 3 is 2.53 bits per heavy atom. The van der Waals surface area contributed by atoms with E-state index < -0.39 is 0 Å². The van der Waals surface area contributed by atoms with Crippen molar-refractivity contribution in [2.75, 3.05) is 11.9 Å². The molecule has 0 bridgehead atoms. The van der Waals surface area contributed by atoms with Crippen molar-refractivity contribution in [2.45, 2.75) is 53.0 Å². The smallest absolute Gasteiger partial charge is 0.254 e. The lowest BCUT2D eigenvalue weighted by molar-refractivity contribution is 0.397. The molecule has 0 saturated heterocycles. The standard InChI is InChI=1S/C12H17N5.C2H6/c1-8-9(2)15-12-13-7-14-17(12)11(8)16(3)10-5-4-6-10;1-2/h7,10H,4-6H2,1-3H3;1-2H3. The fourth-order valence-corrected chi connectivity index (χ4v) is 2.38. The molecule has 1 aliphatic carbocycles. The van der Waals surface area contributed by atoms with Gasteiger partial charge in [0.2, 0.25) is 0 Å². The Bertz CT molecular complexity index is 556. The second-order valence-corrected chi connectivity index (χ2v) is 4.81. The molecular weight excluding hydrogens is 238 g/mol. The molecule has 2 aromatic rings. The molecule has 2 heterocycles. The van der Waals surface area contributed by atoms with Gasteiger partial charge in [0.05, 0.1) is 0 Å². The third kappa shape index (κ3) is 2.29. The summed E-state index contributed by atoms with van der Waals surface area (Å²) in [6.07, 6.45) is 5.44. The number of fused-ring (bicyclic) bond motifs is 1. The lowest BCUT2D eigenvalue weighted by Gasteiger charge is -2.37. The van der Waals surface area contributed by atoms with Gasteiger partial charge in [-0.25, -0.2) is 4.98 Å². The quantitative estimate of drug-likeness (QED) is 0.834. The Labute approximate surface area is 114 Å². The average Bonchev–Trinajstić information content (AvgIpc) is 2.78. The monoisotopic (exact) mass is 261 g/mol. The number of rotatable bonds is 2. The Morgan fingerprint density at radius 1 is 1.26 bits per heavy atom. The number of hydrogen-bond acceptors (Lipinski definition) is 4. The van der Waals surface area contributed by atoms with Gasteiger partial charge in [0.25, 0.3) is 5.78 Å². The molecule has 1 aliphatic rings. The zero-order chi connectivity index (χ0) is 14.0. The molecule has 0 atom stereocenters. The van der Waals surface area contributed by atoms with Gasteiger partial charge in [-0.3, -0.25) is 0 Å². The number of aromatic nitrogens is 4. The number of aryl methyl sites for hydroxylation is 1. The van der Waals surface area contributed by atoms with Crippen LogP contribution in [0.15, 0.2) is 6.33 Å². The first-order valence-corrected chi connectivity index (χ1v) is 7.08. The highest BCUT2D eigenvalue weighted by Gasteiger charge is 2.26. The first-order valence-electron chi connectivity index (χ1n) is 7.08. The van der Waals surface area contributed by atoms with Crippen LogP contribution in [0.1, 0.15) is 44.4 Å². The molecule has 0 aliphatic heterocycles. The van der Waals surface area contributed by atoms with Crippen LogP contribution in [-0.4, -0.2) is 32.7 Å². The molecule has 19 heavy (non-hydrogen) atoms. The van der Waals surface area contributed by atoms with Crippen LogP contribution in [0.5, 0.6) is 0 Å². The van der Waals surface area contributed by atoms with Crippen molar-refractivity contribution in [1.82, 2.24) is 19.6 Å². The summed E-state index contributed by atoms with van der Waals surface area (Å²) in [5.41, 5.74) is 2.23. The predicted molar refractivity (Wildman–Crippen MR) is 77.6 cm³/mol. The molecule has 0 N–H and O–H groups in total. The molecule has 1 fully saturated rings. The van der Waals surface area contributed by atoms with Gasteiger partial charge in [0.15, 0.2) is 0 Å². The summed E-state index contributed by atoms with van der Waals surface area (Å²) in [7, 11) is 2.15. The van der Waals surface area contributed by atoms with Crippen LogP contribution >= 0.6 is 0 Å². The first kappa shape index (κ1) is 13.8. The van der Waals surface area contributed by atoms with Crippen molar-refractivity contribution in [3.05, 3.63) is 17.6 Å². The van der Waals surface area contributed by atoms with Gasteiger partial charge in [-0.05, 0) is 33.1 Å². The molecule has 0 spiro atoms. The van der Waals surface area contributed by atoms with Gasteiger partial charge in [0, 0.05) is 24.3 Å².